The summed E-state index contributed by atoms with van der Waals surface area (Å²) in [4.78, 5) is 32.5. The van der Waals surface area contributed by atoms with Gasteiger partial charge in [-0.3, -0.25) is 14.5 Å². The van der Waals surface area contributed by atoms with E-state index in [1.165, 1.54) is 16.2 Å². The fourth-order valence-corrected chi connectivity index (χ4v) is 4.95. The summed E-state index contributed by atoms with van der Waals surface area (Å²) in [6, 6.07) is 21.0. The van der Waals surface area contributed by atoms with Crippen molar-refractivity contribution in [2.24, 2.45) is 0 Å². The zero-order valence-electron chi connectivity index (χ0n) is 18.0. The van der Waals surface area contributed by atoms with E-state index in [2.05, 4.69) is 4.98 Å². The largest absolute Gasteiger partial charge is 0.507 e. The monoisotopic (exact) mass is 456 g/mol. The van der Waals surface area contributed by atoms with Crippen molar-refractivity contribution >= 4 is 44.1 Å². The van der Waals surface area contributed by atoms with Crippen molar-refractivity contribution in [3.05, 3.63) is 95.1 Å². The summed E-state index contributed by atoms with van der Waals surface area (Å²) in [6.07, 6.45) is 0. The molecule has 1 aliphatic heterocycles. The van der Waals surface area contributed by atoms with Gasteiger partial charge >= 0.3 is 5.91 Å². The van der Waals surface area contributed by atoms with E-state index in [9.17, 15) is 14.7 Å². The first-order valence-electron chi connectivity index (χ1n) is 10.4. The number of aryl methyl sites for hydroxylation is 1. The number of carbonyl (C=O) groups excluding carboxylic acids is 2. The van der Waals surface area contributed by atoms with E-state index < -0.39 is 17.7 Å². The number of ether oxygens (including phenoxy) is 1. The third-order valence-electron chi connectivity index (χ3n) is 5.69. The normalized spacial score (nSPS) is 17.6. The van der Waals surface area contributed by atoms with Gasteiger partial charge in [0.15, 0.2) is 5.13 Å². The number of aliphatic hydroxyl groups is 1. The summed E-state index contributed by atoms with van der Waals surface area (Å²) < 4.78 is 6.17. The molecule has 1 aromatic heterocycles. The summed E-state index contributed by atoms with van der Waals surface area (Å²) in [5.41, 5.74) is 2.94. The summed E-state index contributed by atoms with van der Waals surface area (Å²) in [5.74, 6) is -1.02. The van der Waals surface area contributed by atoms with Crippen molar-refractivity contribution in [2.45, 2.75) is 13.0 Å². The van der Waals surface area contributed by atoms with Gasteiger partial charge in [0, 0.05) is 5.56 Å². The SMILES string of the molecule is COc1ccc([C@H]2/C(=C(\O)c3ccc(C)cc3)C(=O)C(=O)N2c2nc3ccccc3s2)cc1. The smallest absolute Gasteiger partial charge is 0.301 e. The van der Waals surface area contributed by atoms with E-state index in [1.807, 2.05) is 43.3 Å². The van der Waals surface area contributed by atoms with Crippen LogP contribution in [0.4, 0.5) is 5.13 Å². The van der Waals surface area contributed by atoms with Crippen LogP contribution in [0.25, 0.3) is 16.0 Å². The number of hydrogen-bond acceptors (Lipinski definition) is 6. The Labute approximate surface area is 194 Å². The number of anilines is 1. The minimum Gasteiger partial charge on any atom is -0.507 e. The van der Waals surface area contributed by atoms with Crippen LogP contribution < -0.4 is 9.64 Å². The number of methoxy groups -OCH3 is 1. The number of amides is 1. The minimum absolute atomic E-state index is 0.0354. The maximum absolute atomic E-state index is 13.3. The highest BCUT2D eigenvalue weighted by molar-refractivity contribution is 7.22. The van der Waals surface area contributed by atoms with Gasteiger partial charge in [-0.05, 0) is 36.8 Å². The van der Waals surface area contributed by atoms with Crippen molar-refractivity contribution in [3.63, 3.8) is 0 Å². The molecule has 0 unspecified atom stereocenters. The molecule has 164 valence electrons. The maximum Gasteiger partial charge on any atom is 0.301 e. The highest BCUT2D eigenvalue weighted by Crippen LogP contribution is 2.44. The quantitative estimate of drug-likeness (QED) is 0.258. The molecule has 4 aromatic rings. The lowest BCUT2D eigenvalue weighted by molar-refractivity contribution is -0.132. The molecule has 5 rings (SSSR count). The molecular formula is C26H20N2O4S. The van der Waals surface area contributed by atoms with Crippen LogP contribution in [0.1, 0.15) is 22.7 Å². The molecule has 1 atom stereocenters. The Morgan fingerprint density at radius 3 is 2.36 bits per heavy atom. The van der Waals surface area contributed by atoms with Crippen LogP contribution in [0.5, 0.6) is 5.75 Å². The number of rotatable bonds is 4. The van der Waals surface area contributed by atoms with Gasteiger partial charge in [-0.2, -0.15) is 0 Å². The second-order valence-electron chi connectivity index (χ2n) is 7.77. The number of Topliss-reactive ketones (excluding diaryl/α,β-unsaturated/α-hetero) is 1. The van der Waals surface area contributed by atoms with Crippen LogP contribution >= 0.6 is 11.3 Å². The topological polar surface area (TPSA) is 79.7 Å². The molecule has 0 saturated carbocycles. The van der Waals surface area contributed by atoms with Crippen LogP contribution in [0.2, 0.25) is 0 Å². The number of aliphatic hydroxyl groups excluding tert-OH is 1. The molecule has 0 spiro atoms. The van der Waals surface area contributed by atoms with Gasteiger partial charge in [-0.25, -0.2) is 4.98 Å². The van der Waals surface area contributed by atoms with E-state index in [1.54, 1.807) is 43.5 Å². The van der Waals surface area contributed by atoms with E-state index in [4.69, 9.17) is 4.74 Å². The van der Waals surface area contributed by atoms with Gasteiger partial charge in [0.05, 0.1) is 28.9 Å². The van der Waals surface area contributed by atoms with Crippen molar-refractivity contribution in [1.82, 2.24) is 4.98 Å². The van der Waals surface area contributed by atoms with Gasteiger partial charge in [-0.1, -0.05) is 65.4 Å². The molecule has 0 bridgehead atoms. The van der Waals surface area contributed by atoms with E-state index in [0.29, 0.717) is 22.0 Å². The number of ketones is 1. The van der Waals surface area contributed by atoms with Crippen molar-refractivity contribution in [1.29, 1.82) is 0 Å². The van der Waals surface area contributed by atoms with E-state index in [0.717, 1.165) is 15.8 Å². The first-order valence-corrected chi connectivity index (χ1v) is 11.2. The second-order valence-corrected chi connectivity index (χ2v) is 8.78. The van der Waals surface area contributed by atoms with Crippen LogP contribution in [-0.4, -0.2) is 28.9 Å². The first-order chi connectivity index (χ1) is 16.0. The Hall–Kier alpha value is -3.97. The predicted octanol–water partition coefficient (Wildman–Crippen LogP) is 5.24. The fraction of sp³-hybridized carbons (Fsp3) is 0.115. The second kappa shape index (κ2) is 8.18. The molecule has 1 fully saturated rings. The molecule has 0 radical (unpaired) electrons. The van der Waals surface area contributed by atoms with Crippen molar-refractivity contribution in [2.75, 3.05) is 12.0 Å². The number of fused-ring (bicyclic) bond motifs is 1. The summed E-state index contributed by atoms with van der Waals surface area (Å²) >= 11 is 1.33. The van der Waals surface area contributed by atoms with Crippen LogP contribution in [-0.2, 0) is 9.59 Å². The molecule has 33 heavy (non-hydrogen) atoms. The number of nitrogens with zero attached hydrogens (tertiary/aromatic N) is 2. The zero-order valence-corrected chi connectivity index (χ0v) is 18.8. The van der Waals surface area contributed by atoms with Crippen LogP contribution in [0.15, 0.2) is 78.4 Å². The average Bonchev–Trinajstić information content (AvgIpc) is 3.37. The summed E-state index contributed by atoms with van der Waals surface area (Å²) in [7, 11) is 1.57. The zero-order chi connectivity index (χ0) is 23.1. The molecule has 0 aliphatic carbocycles. The Bertz CT molecular complexity index is 1370. The molecule has 2 heterocycles. The lowest BCUT2D eigenvalue weighted by Gasteiger charge is -2.23. The van der Waals surface area contributed by atoms with E-state index >= 15 is 0 Å². The predicted molar refractivity (Wildman–Crippen MR) is 129 cm³/mol. The third kappa shape index (κ3) is 3.56. The standard InChI is InChI=1S/C26H20N2O4S/c1-15-7-9-17(10-8-15)23(29)21-22(16-11-13-18(32-2)14-12-16)28(25(31)24(21)30)26-27-19-5-3-4-6-20(19)33-26/h3-14,22,29H,1-2H3/b23-21+/t22-/m0/s1. The number of para-hydroxylation sites is 1. The number of thiazole rings is 1. The van der Waals surface area contributed by atoms with Gasteiger partial charge in [0.25, 0.3) is 5.78 Å². The Balaban J connectivity index is 1.72. The van der Waals surface area contributed by atoms with Gasteiger partial charge in [0.1, 0.15) is 11.5 Å². The number of aromatic nitrogens is 1. The lowest BCUT2D eigenvalue weighted by Crippen LogP contribution is -2.29. The number of benzene rings is 3. The molecule has 6 nitrogen and oxygen atoms in total. The highest BCUT2D eigenvalue weighted by Gasteiger charge is 2.48. The summed E-state index contributed by atoms with van der Waals surface area (Å²) in [5, 5.41) is 11.6. The number of hydrogen-bond donors (Lipinski definition) is 1. The van der Waals surface area contributed by atoms with Gasteiger partial charge in [0.2, 0.25) is 0 Å². The van der Waals surface area contributed by atoms with Crippen LogP contribution in [0.3, 0.4) is 0 Å². The van der Waals surface area contributed by atoms with Crippen molar-refractivity contribution in [3.8, 4) is 5.75 Å². The van der Waals surface area contributed by atoms with Crippen LogP contribution in [0, 0.1) is 6.92 Å². The van der Waals surface area contributed by atoms with E-state index in [-0.39, 0.29) is 11.3 Å². The molecule has 3 aromatic carbocycles. The molecule has 1 aliphatic rings. The molecule has 7 heteroatoms. The van der Waals surface area contributed by atoms with Gasteiger partial charge < -0.3 is 9.84 Å². The average molecular weight is 457 g/mol. The molecule has 1 saturated heterocycles. The molecular weight excluding hydrogens is 436 g/mol. The third-order valence-corrected chi connectivity index (χ3v) is 6.73. The Morgan fingerprint density at radius 2 is 1.70 bits per heavy atom. The maximum atomic E-state index is 13.3. The Kier molecular flexibility index (Phi) is 5.18. The lowest BCUT2D eigenvalue weighted by atomic mass is 9.95. The Morgan fingerprint density at radius 1 is 1.00 bits per heavy atom. The summed E-state index contributed by atoms with van der Waals surface area (Å²) in [6.45, 7) is 1.94. The molecule has 1 amide bonds. The number of carbonyl (C=O) groups is 2. The minimum atomic E-state index is -0.822. The highest BCUT2D eigenvalue weighted by atomic mass is 32.1. The molecule has 1 N–H and O–H groups in total. The first kappa shape index (κ1) is 20.9. The fourth-order valence-electron chi connectivity index (χ4n) is 3.96. The van der Waals surface area contributed by atoms with Gasteiger partial charge in [-0.15, -0.1) is 0 Å². The van der Waals surface area contributed by atoms with Crippen molar-refractivity contribution < 1.29 is 19.4 Å².